The van der Waals surface area contributed by atoms with Crippen LogP contribution in [0.5, 0.6) is 0 Å². The lowest BCUT2D eigenvalue weighted by molar-refractivity contribution is -0.117. The van der Waals surface area contributed by atoms with Gasteiger partial charge in [0.15, 0.2) is 5.82 Å². The molecule has 1 fully saturated rings. The molecule has 1 unspecified atom stereocenters. The molecule has 10 nitrogen and oxygen atoms in total. The van der Waals surface area contributed by atoms with Gasteiger partial charge >= 0.3 is 0 Å². The monoisotopic (exact) mass is 410 g/mol. The van der Waals surface area contributed by atoms with Gasteiger partial charge in [-0.25, -0.2) is 9.97 Å². The van der Waals surface area contributed by atoms with Gasteiger partial charge < -0.3 is 9.84 Å². The van der Waals surface area contributed by atoms with Gasteiger partial charge in [0.05, 0.1) is 18.2 Å². The highest BCUT2D eigenvalue weighted by Crippen LogP contribution is 2.25. The van der Waals surface area contributed by atoms with Crippen LogP contribution in [0.3, 0.4) is 0 Å². The maximum absolute atomic E-state index is 12.8. The highest BCUT2D eigenvalue weighted by molar-refractivity contribution is 5.91. The number of rotatable bonds is 5. The molecule has 1 saturated heterocycles. The summed E-state index contributed by atoms with van der Waals surface area (Å²) < 4.78 is 6.90. The summed E-state index contributed by atoms with van der Waals surface area (Å²) in [6, 6.07) is 3.72. The molecule has 3 aromatic heterocycles. The van der Waals surface area contributed by atoms with Crippen molar-refractivity contribution in [2.24, 2.45) is 0 Å². The van der Waals surface area contributed by atoms with Crippen molar-refractivity contribution in [3.63, 3.8) is 0 Å². The van der Waals surface area contributed by atoms with Gasteiger partial charge in [-0.1, -0.05) is 5.16 Å². The molecule has 0 saturated carbocycles. The van der Waals surface area contributed by atoms with Gasteiger partial charge in [-0.3, -0.25) is 9.69 Å². The lowest BCUT2D eigenvalue weighted by atomic mass is 9.98. The summed E-state index contributed by atoms with van der Waals surface area (Å²) in [5.41, 5.74) is 2.47. The van der Waals surface area contributed by atoms with E-state index in [1.54, 1.807) is 4.68 Å². The first-order valence-electron chi connectivity index (χ1n) is 10.1. The number of amides is 1. The number of hydrogen-bond donors (Lipinski definition) is 1. The fraction of sp³-hybridized carbons (Fsp3) is 0.500. The molecule has 10 heteroatoms. The van der Waals surface area contributed by atoms with Crippen molar-refractivity contribution in [3.8, 4) is 5.95 Å². The number of aryl methyl sites for hydroxylation is 4. The molecule has 1 N–H and O–H groups in total. The van der Waals surface area contributed by atoms with E-state index >= 15 is 0 Å². The van der Waals surface area contributed by atoms with E-state index in [0.29, 0.717) is 30.0 Å². The normalized spacial score (nSPS) is 17.3. The largest absolute Gasteiger partial charge is 0.339 e. The van der Waals surface area contributed by atoms with Crippen molar-refractivity contribution >= 4 is 11.7 Å². The Bertz CT molecular complexity index is 1040. The van der Waals surface area contributed by atoms with Gasteiger partial charge in [-0.2, -0.15) is 14.8 Å². The van der Waals surface area contributed by atoms with Crippen molar-refractivity contribution in [2.45, 2.75) is 46.5 Å². The quantitative estimate of drug-likeness (QED) is 0.680. The molecule has 158 valence electrons. The zero-order valence-electron chi connectivity index (χ0n) is 17.7. The lowest BCUT2D eigenvalue weighted by Crippen LogP contribution is -2.40. The van der Waals surface area contributed by atoms with Gasteiger partial charge in [-0.15, -0.1) is 0 Å². The van der Waals surface area contributed by atoms with Gasteiger partial charge in [0.1, 0.15) is 5.82 Å². The molecule has 1 atom stereocenters. The summed E-state index contributed by atoms with van der Waals surface area (Å²) >= 11 is 0. The first-order valence-corrected chi connectivity index (χ1v) is 10.1. The molecule has 4 heterocycles. The molecule has 0 radical (unpaired) electrons. The van der Waals surface area contributed by atoms with Gasteiger partial charge in [0.2, 0.25) is 11.8 Å². The Hall–Kier alpha value is -3.14. The summed E-state index contributed by atoms with van der Waals surface area (Å²) in [6.45, 7) is 9.35. The van der Waals surface area contributed by atoms with Crippen LogP contribution in [0.15, 0.2) is 16.7 Å². The highest BCUT2D eigenvalue weighted by Gasteiger charge is 2.27. The number of hydrogen-bond acceptors (Lipinski definition) is 8. The summed E-state index contributed by atoms with van der Waals surface area (Å²) in [7, 11) is 0. The van der Waals surface area contributed by atoms with E-state index in [-0.39, 0.29) is 18.4 Å². The van der Waals surface area contributed by atoms with Crippen LogP contribution in [0.2, 0.25) is 0 Å². The third-order valence-electron chi connectivity index (χ3n) is 5.02. The zero-order valence-corrected chi connectivity index (χ0v) is 17.7. The predicted molar refractivity (Wildman–Crippen MR) is 109 cm³/mol. The van der Waals surface area contributed by atoms with Crippen LogP contribution in [0.25, 0.3) is 5.95 Å². The molecule has 1 amide bonds. The van der Waals surface area contributed by atoms with Crippen LogP contribution in [0.1, 0.15) is 47.6 Å². The highest BCUT2D eigenvalue weighted by atomic mass is 16.5. The van der Waals surface area contributed by atoms with Gasteiger partial charge in [-0.05, 0) is 53.1 Å². The van der Waals surface area contributed by atoms with E-state index in [9.17, 15) is 4.79 Å². The predicted octanol–water partition coefficient (Wildman–Crippen LogP) is 2.10. The molecule has 0 spiro atoms. The van der Waals surface area contributed by atoms with Crippen LogP contribution in [0, 0.1) is 27.7 Å². The minimum atomic E-state index is -0.108. The Labute approximate surface area is 174 Å². The number of piperidine rings is 1. The van der Waals surface area contributed by atoms with Crippen LogP contribution >= 0.6 is 0 Å². The maximum atomic E-state index is 12.8. The van der Waals surface area contributed by atoms with Gasteiger partial charge in [0, 0.05) is 24.0 Å². The molecule has 0 aromatic carbocycles. The molecule has 4 rings (SSSR count). The third kappa shape index (κ3) is 4.54. The minimum Gasteiger partial charge on any atom is -0.339 e. The number of carbonyl (C=O) groups excluding carboxylic acids is 1. The molecule has 1 aliphatic rings. The summed E-state index contributed by atoms with van der Waals surface area (Å²) in [5.74, 6) is 2.34. The number of aromatic nitrogens is 6. The smallest absolute Gasteiger partial charge is 0.252 e. The number of carbonyl (C=O) groups is 1. The molecular formula is C20H26N8O2. The standard InChI is InChI=1S/C20H26N8O2/c1-12-8-13(2)22-20(21-12)28-17(9-14(3)25-28)24-18(29)11-27-7-5-6-16(10-27)19-23-15(4)26-30-19/h8-9,16H,5-7,10-11H2,1-4H3,(H,24,29). The Morgan fingerprint density at radius 3 is 2.60 bits per heavy atom. The van der Waals surface area contributed by atoms with E-state index in [1.165, 1.54) is 0 Å². The average Bonchev–Trinajstić information content (AvgIpc) is 3.26. The van der Waals surface area contributed by atoms with Crippen LogP contribution < -0.4 is 5.32 Å². The Kier molecular flexibility index (Phi) is 5.58. The number of anilines is 1. The topological polar surface area (TPSA) is 115 Å². The minimum absolute atomic E-state index is 0.108. The molecule has 30 heavy (non-hydrogen) atoms. The second-order valence-corrected chi connectivity index (χ2v) is 7.84. The second kappa shape index (κ2) is 8.31. The first kappa shape index (κ1) is 20.1. The zero-order chi connectivity index (χ0) is 21.3. The van der Waals surface area contributed by atoms with Crippen LogP contribution in [-0.2, 0) is 4.79 Å². The summed E-state index contributed by atoms with van der Waals surface area (Å²) in [6.07, 6.45) is 1.96. The molecular weight excluding hydrogens is 384 g/mol. The molecule has 1 aliphatic heterocycles. The molecule has 0 bridgehead atoms. The van der Waals surface area contributed by atoms with E-state index in [2.05, 4.69) is 35.4 Å². The fourth-order valence-electron chi connectivity index (χ4n) is 3.81. The SMILES string of the molecule is Cc1cc(C)nc(-n2nc(C)cc2NC(=O)CN2CCCC(c3nc(C)no3)C2)n1. The van der Waals surface area contributed by atoms with Crippen molar-refractivity contribution in [2.75, 3.05) is 25.0 Å². The molecule has 3 aromatic rings. The number of nitrogens with one attached hydrogen (secondary N) is 1. The third-order valence-corrected chi connectivity index (χ3v) is 5.02. The Morgan fingerprint density at radius 2 is 1.90 bits per heavy atom. The van der Waals surface area contributed by atoms with E-state index in [0.717, 1.165) is 36.5 Å². The van der Waals surface area contributed by atoms with Crippen LogP contribution in [0.4, 0.5) is 5.82 Å². The number of nitrogens with zero attached hydrogens (tertiary/aromatic N) is 7. The van der Waals surface area contributed by atoms with Crippen LogP contribution in [-0.4, -0.2) is 60.3 Å². The maximum Gasteiger partial charge on any atom is 0.252 e. The van der Waals surface area contributed by atoms with Crippen molar-refractivity contribution in [1.29, 1.82) is 0 Å². The van der Waals surface area contributed by atoms with E-state index < -0.39 is 0 Å². The second-order valence-electron chi connectivity index (χ2n) is 7.84. The lowest BCUT2D eigenvalue weighted by Gasteiger charge is -2.30. The van der Waals surface area contributed by atoms with E-state index in [1.807, 2.05) is 39.8 Å². The Morgan fingerprint density at radius 1 is 1.13 bits per heavy atom. The van der Waals surface area contributed by atoms with Crippen molar-refractivity contribution in [1.82, 2.24) is 34.8 Å². The number of likely N-dealkylation sites (tertiary alicyclic amines) is 1. The van der Waals surface area contributed by atoms with Crippen molar-refractivity contribution in [3.05, 3.63) is 40.9 Å². The fourth-order valence-corrected chi connectivity index (χ4v) is 3.81. The Balaban J connectivity index is 1.44. The molecule has 0 aliphatic carbocycles. The average molecular weight is 410 g/mol. The van der Waals surface area contributed by atoms with E-state index in [4.69, 9.17) is 4.52 Å². The summed E-state index contributed by atoms with van der Waals surface area (Å²) in [5, 5.41) is 11.3. The van der Waals surface area contributed by atoms with Crippen molar-refractivity contribution < 1.29 is 9.32 Å². The van der Waals surface area contributed by atoms with Gasteiger partial charge in [0.25, 0.3) is 5.95 Å². The first-order chi connectivity index (χ1) is 14.4. The summed E-state index contributed by atoms with van der Waals surface area (Å²) in [4.78, 5) is 28.1.